The maximum atomic E-state index is 14.2. The molecule has 11 nitrogen and oxygen atoms in total. The number of methoxy groups -OCH3 is 1. The second kappa shape index (κ2) is 12.6. The molecule has 0 saturated carbocycles. The Kier molecular flexibility index (Phi) is 8.29. The van der Waals surface area contributed by atoms with E-state index in [2.05, 4.69) is 22.1 Å². The zero-order valence-corrected chi connectivity index (χ0v) is 24.6. The summed E-state index contributed by atoms with van der Waals surface area (Å²) in [4.78, 5) is 45.3. The number of fused-ring (bicyclic) bond motifs is 2. The van der Waals surface area contributed by atoms with E-state index in [1.807, 2.05) is 72.8 Å². The van der Waals surface area contributed by atoms with Crippen LogP contribution in [-0.2, 0) is 29.1 Å². The fraction of sp³-hybridized carbons (Fsp3) is 0.273. The number of ether oxygens (including phenoxy) is 1. The molecule has 4 amide bonds. The number of aromatic amines is 1. The van der Waals surface area contributed by atoms with E-state index < -0.39 is 12.2 Å². The van der Waals surface area contributed by atoms with Crippen LogP contribution >= 0.6 is 0 Å². The second-order valence-electron chi connectivity index (χ2n) is 10.9. The first-order valence-corrected chi connectivity index (χ1v) is 14.6. The second-order valence-corrected chi connectivity index (χ2v) is 10.9. The fourth-order valence-corrected chi connectivity index (χ4v) is 6.05. The first kappa shape index (κ1) is 28.9. The van der Waals surface area contributed by atoms with Gasteiger partial charge < -0.3 is 19.9 Å². The number of carbonyl (C=O) groups is 3. The first-order chi connectivity index (χ1) is 21.5. The summed E-state index contributed by atoms with van der Waals surface area (Å²) < 4.78 is 5.25. The van der Waals surface area contributed by atoms with Gasteiger partial charge in [0.25, 0.3) is 0 Å². The largest absolute Gasteiger partial charge is 0.497 e. The Bertz CT molecular complexity index is 1660. The molecule has 0 radical (unpaired) electrons. The summed E-state index contributed by atoms with van der Waals surface area (Å²) in [6.45, 7) is 4.81. The summed E-state index contributed by atoms with van der Waals surface area (Å²) in [6, 6.07) is 21.8. The van der Waals surface area contributed by atoms with Crippen LogP contribution < -0.4 is 10.1 Å². The van der Waals surface area contributed by atoms with Crippen LogP contribution in [0.4, 0.5) is 4.79 Å². The number of para-hydroxylation sites is 1. The molecule has 6 rings (SSSR count). The summed E-state index contributed by atoms with van der Waals surface area (Å²) in [5.41, 5.74) is 3.58. The van der Waals surface area contributed by atoms with Crippen LogP contribution in [0.3, 0.4) is 0 Å². The van der Waals surface area contributed by atoms with Gasteiger partial charge >= 0.3 is 6.03 Å². The molecule has 226 valence electrons. The number of carbonyl (C=O) groups excluding carboxylic acids is 3. The molecule has 3 aromatic carbocycles. The van der Waals surface area contributed by atoms with Crippen molar-refractivity contribution in [2.45, 2.75) is 31.7 Å². The van der Waals surface area contributed by atoms with E-state index in [1.165, 1.54) is 0 Å². The van der Waals surface area contributed by atoms with E-state index in [1.54, 1.807) is 39.2 Å². The number of nitrogens with zero attached hydrogens (tertiary/aromatic N) is 5. The molecule has 0 bridgehead atoms. The van der Waals surface area contributed by atoms with Crippen molar-refractivity contribution in [2.75, 3.05) is 26.7 Å². The molecule has 2 aliphatic rings. The third kappa shape index (κ3) is 5.73. The number of piperazine rings is 1. The average molecular weight is 594 g/mol. The Morgan fingerprint density at radius 3 is 2.61 bits per heavy atom. The number of rotatable bonds is 9. The van der Waals surface area contributed by atoms with Gasteiger partial charge in [0, 0.05) is 31.4 Å². The number of nitrogens with one attached hydrogen (secondary N) is 2. The highest BCUT2D eigenvalue weighted by Crippen LogP contribution is 2.30. The molecular weight excluding hydrogens is 558 g/mol. The lowest BCUT2D eigenvalue weighted by molar-refractivity contribution is -0.189. The van der Waals surface area contributed by atoms with Crippen LogP contribution in [0.15, 0.2) is 91.6 Å². The van der Waals surface area contributed by atoms with Gasteiger partial charge in [0.1, 0.15) is 18.0 Å². The molecule has 2 saturated heterocycles. The van der Waals surface area contributed by atoms with Crippen molar-refractivity contribution < 1.29 is 19.1 Å². The first-order valence-electron chi connectivity index (χ1n) is 14.6. The minimum atomic E-state index is -0.785. The summed E-state index contributed by atoms with van der Waals surface area (Å²) in [5, 5.41) is 14.5. The van der Waals surface area contributed by atoms with Gasteiger partial charge in [-0.3, -0.25) is 14.7 Å². The molecule has 2 atom stereocenters. The smallest absolute Gasteiger partial charge is 0.334 e. The van der Waals surface area contributed by atoms with Crippen molar-refractivity contribution in [3.63, 3.8) is 0 Å². The summed E-state index contributed by atoms with van der Waals surface area (Å²) in [6.07, 6.45) is 3.02. The van der Waals surface area contributed by atoms with Gasteiger partial charge in [-0.15, -0.1) is 6.58 Å². The predicted octanol–water partition coefficient (Wildman–Crippen LogP) is 3.31. The maximum Gasteiger partial charge on any atom is 0.334 e. The highest BCUT2D eigenvalue weighted by atomic mass is 16.5. The Labute approximate surface area is 255 Å². The van der Waals surface area contributed by atoms with Crippen molar-refractivity contribution in [2.24, 2.45) is 0 Å². The predicted molar refractivity (Wildman–Crippen MR) is 165 cm³/mol. The molecule has 3 heterocycles. The number of aromatic nitrogens is 2. The van der Waals surface area contributed by atoms with Gasteiger partial charge in [0.15, 0.2) is 0 Å². The lowest BCUT2D eigenvalue weighted by atomic mass is 9.98. The standard InChI is InChI=1S/C33H35N7O4/c1-3-16-38-22-30(41)39-28(17-23-8-5-4-6-9-23)32(42)37(20-26-11-7-10-25-19-35-36-31(25)26)21-29(39)40(38)33(43)34-18-24-12-14-27(44-2)15-13-24/h3-15,19,28-29H,1,16-18,20-22H2,2H3,(H,34,43)(H,35,36)/t28-,29-/m0/s1. The topological polar surface area (TPSA) is 114 Å². The monoisotopic (exact) mass is 593 g/mol. The molecule has 44 heavy (non-hydrogen) atoms. The minimum Gasteiger partial charge on any atom is -0.497 e. The van der Waals surface area contributed by atoms with E-state index in [9.17, 15) is 14.4 Å². The van der Waals surface area contributed by atoms with Gasteiger partial charge in [0.05, 0.1) is 31.9 Å². The molecule has 11 heteroatoms. The SMILES string of the molecule is C=CCN1CC(=O)N2[C@@H](Cc3ccccc3)C(=O)N(Cc3cccc4cn[nH]c34)C[C@@H]2N1C(=O)NCc1ccc(OC)cc1. The molecule has 2 fully saturated rings. The van der Waals surface area contributed by atoms with Crippen LogP contribution in [-0.4, -0.2) is 86.8 Å². The third-order valence-corrected chi connectivity index (χ3v) is 8.18. The van der Waals surface area contributed by atoms with Gasteiger partial charge in [-0.1, -0.05) is 66.7 Å². The van der Waals surface area contributed by atoms with Crippen LogP contribution in [0.1, 0.15) is 16.7 Å². The summed E-state index contributed by atoms with van der Waals surface area (Å²) in [7, 11) is 1.60. The Hall–Kier alpha value is -5.16. The van der Waals surface area contributed by atoms with Crippen LogP contribution in [0.2, 0.25) is 0 Å². The minimum absolute atomic E-state index is 0.0511. The molecule has 0 spiro atoms. The average Bonchev–Trinajstić information content (AvgIpc) is 3.53. The maximum absolute atomic E-state index is 14.2. The van der Waals surface area contributed by atoms with E-state index in [0.717, 1.165) is 33.3 Å². The molecule has 0 unspecified atom stereocenters. The Morgan fingerprint density at radius 1 is 1.07 bits per heavy atom. The zero-order chi connectivity index (χ0) is 30.6. The van der Waals surface area contributed by atoms with Crippen molar-refractivity contribution >= 4 is 28.7 Å². The summed E-state index contributed by atoms with van der Waals surface area (Å²) in [5.74, 6) is 0.357. The summed E-state index contributed by atoms with van der Waals surface area (Å²) >= 11 is 0. The number of H-pyrrole nitrogens is 1. The lowest BCUT2D eigenvalue weighted by Crippen LogP contribution is -2.76. The van der Waals surface area contributed by atoms with Gasteiger partial charge in [-0.2, -0.15) is 5.10 Å². The quantitative estimate of drug-likeness (QED) is 0.288. The number of benzene rings is 3. The number of hydrogen-bond acceptors (Lipinski definition) is 6. The zero-order valence-electron chi connectivity index (χ0n) is 24.6. The normalized spacial score (nSPS) is 18.8. The van der Waals surface area contributed by atoms with E-state index in [4.69, 9.17) is 4.74 Å². The highest BCUT2D eigenvalue weighted by molar-refractivity contribution is 5.92. The molecule has 2 N–H and O–H groups in total. The Balaban J connectivity index is 1.34. The van der Waals surface area contributed by atoms with Crippen molar-refractivity contribution in [1.82, 2.24) is 35.3 Å². The van der Waals surface area contributed by atoms with Crippen LogP contribution in [0, 0.1) is 0 Å². The van der Waals surface area contributed by atoms with E-state index >= 15 is 0 Å². The third-order valence-electron chi connectivity index (χ3n) is 8.18. The molecule has 1 aromatic heterocycles. The number of urea groups is 1. The molecule has 2 aliphatic heterocycles. The number of hydrazine groups is 1. The van der Waals surface area contributed by atoms with Crippen molar-refractivity contribution in [3.8, 4) is 5.75 Å². The van der Waals surface area contributed by atoms with Gasteiger partial charge in [-0.25, -0.2) is 14.8 Å². The van der Waals surface area contributed by atoms with Gasteiger partial charge in [-0.05, 0) is 28.8 Å². The molecular formula is C33H35N7O4. The van der Waals surface area contributed by atoms with E-state index in [-0.39, 0.29) is 44.0 Å². The van der Waals surface area contributed by atoms with E-state index in [0.29, 0.717) is 13.0 Å². The van der Waals surface area contributed by atoms with Crippen LogP contribution in [0.5, 0.6) is 5.75 Å². The molecule has 0 aliphatic carbocycles. The number of hydrogen-bond donors (Lipinski definition) is 2. The van der Waals surface area contributed by atoms with Crippen molar-refractivity contribution in [3.05, 3.63) is 108 Å². The Morgan fingerprint density at radius 2 is 1.86 bits per heavy atom. The molecule has 4 aromatic rings. The fourth-order valence-electron chi connectivity index (χ4n) is 6.05. The van der Waals surface area contributed by atoms with Crippen LogP contribution in [0.25, 0.3) is 10.9 Å². The highest BCUT2D eigenvalue weighted by Gasteiger charge is 2.51. The van der Waals surface area contributed by atoms with Gasteiger partial charge in [0.2, 0.25) is 11.8 Å². The lowest BCUT2D eigenvalue weighted by Gasteiger charge is -2.55. The van der Waals surface area contributed by atoms with Crippen molar-refractivity contribution in [1.29, 1.82) is 0 Å². The number of amides is 4.